The molecule has 0 radical (unpaired) electrons. The molecule has 140 valence electrons. The van der Waals surface area contributed by atoms with Crippen molar-refractivity contribution in [1.29, 1.82) is 0 Å². The summed E-state index contributed by atoms with van der Waals surface area (Å²) in [6.45, 7) is 1.68. The van der Waals surface area contributed by atoms with Crippen LogP contribution in [0, 0.1) is 6.92 Å². The number of ether oxygens (including phenoxy) is 1. The Bertz CT molecular complexity index is 1110. The molecule has 27 heavy (non-hydrogen) atoms. The number of sulfonamides is 1. The molecular formula is C18H16N2O5S2. The van der Waals surface area contributed by atoms with E-state index in [1.165, 1.54) is 12.1 Å². The third-order valence-corrected chi connectivity index (χ3v) is 6.26. The molecule has 0 bridgehead atoms. The molecule has 0 unspecified atom stereocenters. The Labute approximate surface area is 160 Å². The van der Waals surface area contributed by atoms with E-state index in [-0.39, 0.29) is 15.6 Å². The average Bonchev–Trinajstić information content (AvgIpc) is 2.96. The van der Waals surface area contributed by atoms with Crippen LogP contribution in [-0.2, 0) is 10.0 Å². The van der Waals surface area contributed by atoms with Crippen LogP contribution >= 0.6 is 11.3 Å². The maximum atomic E-state index is 12.7. The van der Waals surface area contributed by atoms with Crippen molar-refractivity contribution in [2.75, 3.05) is 10.5 Å². The van der Waals surface area contributed by atoms with Gasteiger partial charge < -0.3 is 15.6 Å². The van der Waals surface area contributed by atoms with Gasteiger partial charge >= 0.3 is 6.16 Å². The predicted octanol–water partition coefficient (Wildman–Crippen LogP) is 4.16. The molecule has 3 rings (SSSR count). The van der Waals surface area contributed by atoms with Crippen LogP contribution in [0.3, 0.4) is 0 Å². The number of anilines is 2. The van der Waals surface area contributed by atoms with E-state index in [0.717, 1.165) is 16.9 Å². The summed E-state index contributed by atoms with van der Waals surface area (Å²) in [5.41, 5.74) is 7.65. The van der Waals surface area contributed by atoms with Crippen molar-refractivity contribution >= 4 is 38.9 Å². The number of nitrogens with two attached hydrogens (primary N) is 1. The number of nitrogen functional groups attached to an aromatic ring is 1. The molecule has 9 heteroatoms. The minimum Gasteiger partial charge on any atom is -0.449 e. The number of carbonyl (C=O) groups is 1. The van der Waals surface area contributed by atoms with Crippen LogP contribution in [0.15, 0.2) is 59.5 Å². The van der Waals surface area contributed by atoms with E-state index in [0.29, 0.717) is 16.1 Å². The summed E-state index contributed by atoms with van der Waals surface area (Å²) >= 11 is 1.00. The van der Waals surface area contributed by atoms with Crippen molar-refractivity contribution in [1.82, 2.24) is 0 Å². The number of hydrogen-bond donors (Lipinski definition) is 3. The summed E-state index contributed by atoms with van der Waals surface area (Å²) in [7, 11) is -3.92. The fourth-order valence-electron chi connectivity index (χ4n) is 2.49. The van der Waals surface area contributed by atoms with Crippen molar-refractivity contribution in [3.8, 4) is 15.5 Å². The SMILES string of the molecule is Cc1ccccc1S(=O)(=O)Nc1cc(-c2cccc(N)c2)sc1OC(=O)O. The molecule has 3 aromatic rings. The van der Waals surface area contributed by atoms with Crippen LogP contribution in [0.25, 0.3) is 10.4 Å². The molecule has 0 amide bonds. The van der Waals surface area contributed by atoms with Crippen LogP contribution in [0.5, 0.6) is 5.06 Å². The van der Waals surface area contributed by atoms with Gasteiger partial charge in [-0.05, 0) is 42.3 Å². The van der Waals surface area contributed by atoms with Gasteiger partial charge in [-0.2, -0.15) is 0 Å². The number of rotatable bonds is 5. The van der Waals surface area contributed by atoms with E-state index in [9.17, 15) is 13.2 Å². The van der Waals surface area contributed by atoms with Gasteiger partial charge in [0.25, 0.3) is 10.0 Å². The molecule has 1 heterocycles. The van der Waals surface area contributed by atoms with E-state index in [2.05, 4.69) is 4.72 Å². The van der Waals surface area contributed by atoms with Crippen molar-refractivity contribution < 1.29 is 23.1 Å². The van der Waals surface area contributed by atoms with Crippen LogP contribution in [-0.4, -0.2) is 19.7 Å². The van der Waals surface area contributed by atoms with Gasteiger partial charge in [-0.1, -0.05) is 41.7 Å². The highest BCUT2D eigenvalue weighted by atomic mass is 32.2. The van der Waals surface area contributed by atoms with E-state index in [4.69, 9.17) is 15.6 Å². The molecule has 7 nitrogen and oxygen atoms in total. The van der Waals surface area contributed by atoms with Gasteiger partial charge in [0.15, 0.2) is 0 Å². The first-order chi connectivity index (χ1) is 12.8. The molecular weight excluding hydrogens is 388 g/mol. The Morgan fingerprint density at radius 3 is 2.56 bits per heavy atom. The minimum absolute atomic E-state index is 0.0445. The Morgan fingerprint density at radius 2 is 1.89 bits per heavy atom. The van der Waals surface area contributed by atoms with Gasteiger partial charge in [-0.3, -0.25) is 4.72 Å². The van der Waals surface area contributed by atoms with Crippen molar-refractivity contribution in [3.05, 3.63) is 60.2 Å². The molecule has 0 atom stereocenters. The van der Waals surface area contributed by atoms with Gasteiger partial charge in [0.1, 0.15) is 5.69 Å². The average molecular weight is 404 g/mol. The summed E-state index contributed by atoms with van der Waals surface area (Å²) in [6.07, 6.45) is -1.53. The molecule has 4 N–H and O–H groups in total. The number of benzene rings is 2. The zero-order valence-corrected chi connectivity index (χ0v) is 15.8. The fraction of sp³-hybridized carbons (Fsp3) is 0.0556. The first-order valence-corrected chi connectivity index (χ1v) is 10.1. The molecule has 2 aromatic carbocycles. The molecule has 0 aliphatic rings. The number of nitrogens with one attached hydrogen (secondary N) is 1. The number of carboxylic acid groups (broad SMARTS) is 1. The fourth-order valence-corrected chi connectivity index (χ4v) is 4.81. The first kappa shape index (κ1) is 18.7. The molecule has 0 spiro atoms. The summed E-state index contributed by atoms with van der Waals surface area (Å²) in [6, 6.07) is 15.0. The normalized spacial score (nSPS) is 11.1. The van der Waals surface area contributed by atoms with Gasteiger partial charge in [0, 0.05) is 10.6 Å². The van der Waals surface area contributed by atoms with Gasteiger partial charge in [0.05, 0.1) is 4.90 Å². The summed E-state index contributed by atoms with van der Waals surface area (Å²) in [4.78, 5) is 11.7. The van der Waals surface area contributed by atoms with Crippen LogP contribution in [0.1, 0.15) is 5.56 Å². The van der Waals surface area contributed by atoms with Crippen molar-refractivity contribution in [2.45, 2.75) is 11.8 Å². The summed E-state index contributed by atoms with van der Waals surface area (Å²) < 4.78 is 32.6. The monoisotopic (exact) mass is 404 g/mol. The molecule has 0 aliphatic carbocycles. The molecule has 0 saturated carbocycles. The Hall–Kier alpha value is -3.04. The van der Waals surface area contributed by atoms with Crippen LogP contribution < -0.4 is 15.2 Å². The lowest BCUT2D eigenvalue weighted by atomic mass is 10.1. The summed E-state index contributed by atoms with van der Waals surface area (Å²) in [5.74, 6) is 0. The summed E-state index contributed by atoms with van der Waals surface area (Å²) in [5, 5.41) is 8.89. The maximum absolute atomic E-state index is 12.7. The Balaban J connectivity index is 2.03. The molecule has 0 aliphatic heterocycles. The highest BCUT2D eigenvalue weighted by Crippen LogP contribution is 2.42. The van der Waals surface area contributed by atoms with Gasteiger partial charge in [0.2, 0.25) is 5.06 Å². The lowest BCUT2D eigenvalue weighted by Gasteiger charge is -2.10. The quantitative estimate of drug-likeness (QED) is 0.434. The highest BCUT2D eigenvalue weighted by molar-refractivity contribution is 7.92. The van der Waals surface area contributed by atoms with E-state index in [1.54, 1.807) is 49.4 Å². The van der Waals surface area contributed by atoms with Gasteiger partial charge in [-0.15, -0.1) is 0 Å². The lowest BCUT2D eigenvalue weighted by molar-refractivity contribution is 0.146. The van der Waals surface area contributed by atoms with Gasteiger partial charge in [-0.25, -0.2) is 13.2 Å². The zero-order chi connectivity index (χ0) is 19.6. The second-order valence-corrected chi connectivity index (χ2v) is 8.34. The number of hydrogen-bond acceptors (Lipinski definition) is 6. The number of aryl methyl sites for hydroxylation is 1. The van der Waals surface area contributed by atoms with Crippen LogP contribution in [0.2, 0.25) is 0 Å². The van der Waals surface area contributed by atoms with E-state index in [1.807, 2.05) is 0 Å². The maximum Gasteiger partial charge on any atom is 0.512 e. The zero-order valence-electron chi connectivity index (χ0n) is 14.2. The molecule has 0 fully saturated rings. The highest BCUT2D eigenvalue weighted by Gasteiger charge is 2.22. The second kappa shape index (κ2) is 7.29. The minimum atomic E-state index is -3.92. The Kier molecular flexibility index (Phi) is 5.06. The van der Waals surface area contributed by atoms with Crippen molar-refractivity contribution in [3.63, 3.8) is 0 Å². The third-order valence-electron chi connectivity index (χ3n) is 3.68. The van der Waals surface area contributed by atoms with Crippen LogP contribution in [0.4, 0.5) is 16.2 Å². The largest absolute Gasteiger partial charge is 0.512 e. The second-order valence-electron chi connectivity index (χ2n) is 5.68. The third kappa shape index (κ3) is 4.21. The molecule has 1 aromatic heterocycles. The predicted molar refractivity (Wildman–Crippen MR) is 105 cm³/mol. The Morgan fingerprint density at radius 1 is 1.15 bits per heavy atom. The standard InChI is InChI=1S/C18H16N2O5S2/c1-11-5-2-3-8-16(11)27(23,24)20-14-10-15(26-17(14)25-18(21)22)12-6-4-7-13(19)9-12/h2-10,20H,19H2,1H3,(H,21,22). The first-order valence-electron chi connectivity index (χ1n) is 7.75. The smallest absolute Gasteiger partial charge is 0.449 e. The topological polar surface area (TPSA) is 119 Å². The molecule has 0 saturated heterocycles. The number of thiophene rings is 1. The van der Waals surface area contributed by atoms with Crippen molar-refractivity contribution in [2.24, 2.45) is 0 Å². The van der Waals surface area contributed by atoms with E-state index >= 15 is 0 Å². The lowest BCUT2D eigenvalue weighted by Crippen LogP contribution is -2.15. The van der Waals surface area contributed by atoms with E-state index < -0.39 is 16.2 Å².